The highest BCUT2D eigenvalue weighted by molar-refractivity contribution is 7.89. The van der Waals surface area contributed by atoms with Crippen LogP contribution < -0.4 is 4.72 Å². The Morgan fingerprint density at radius 3 is 2.68 bits per heavy atom. The van der Waals surface area contributed by atoms with Gasteiger partial charge in [0.05, 0.1) is 0 Å². The second-order valence-corrected chi connectivity index (χ2v) is 8.47. The van der Waals surface area contributed by atoms with E-state index >= 15 is 0 Å². The third-order valence-corrected chi connectivity index (χ3v) is 6.16. The number of furan rings is 1. The van der Waals surface area contributed by atoms with E-state index in [4.69, 9.17) is 4.42 Å². The van der Waals surface area contributed by atoms with Crippen LogP contribution in [0.4, 0.5) is 0 Å². The van der Waals surface area contributed by atoms with Gasteiger partial charge in [0.15, 0.2) is 0 Å². The van der Waals surface area contributed by atoms with Gasteiger partial charge in [0.2, 0.25) is 10.0 Å². The van der Waals surface area contributed by atoms with Crippen LogP contribution in [-0.2, 0) is 16.6 Å². The summed E-state index contributed by atoms with van der Waals surface area (Å²) in [6.45, 7) is 7.30. The van der Waals surface area contributed by atoms with E-state index in [0.717, 1.165) is 44.0 Å². The molecule has 1 fully saturated rings. The first-order valence-electron chi connectivity index (χ1n) is 8.62. The summed E-state index contributed by atoms with van der Waals surface area (Å²) in [6.07, 6.45) is 4.93. The van der Waals surface area contributed by atoms with Crippen molar-refractivity contribution in [1.29, 1.82) is 0 Å². The Morgan fingerprint density at radius 2 is 2.08 bits per heavy atom. The molecule has 0 aromatic carbocycles. The predicted molar refractivity (Wildman–Crippen MR) is 95.6 cm³/mol. The van der Waals surface area contributed by atoms with Gasteiger partial charge in [-0.1, -0.05) is 0 Å². The predicted octanol–water partition coefficient (Wildman–Crippen LogP) is 2.48. The first-order valence-corrected chi connectivity index (χ1v) is 10.1. The molecular formula is C18H25N3O3S. The number of rotatable bonds is 6. The summed E-state index contributed by atoms with van der Waals surface area (Å²) >= 11 is 0. The molecule has 0 amide bonds. The van der Waals surface area contributed by atoms with Gasteiger partial charge in [0.1, 0.15) is 16.4 Å². The fraction of sp³-hybridized carbons (Fsp3) is 0.500. The zero-order valence-electron chi connectivity index (χ0n) is 14.7. The quantitative estimate of drug-likeness (QED) is 0.853. The van der Waals surface area contributed by atoms with E-state index in [0.29, 0.717) is 12.5 Å². The van der Waals surface area contributed by atoms with Crippen molar-refractivity contribution in [3.05, 3.63) is 47.7 Å². The standard InChI is InChI=1S/C18H25N3O3S/c1-14-10-17(15(2)24-14)13-21-8-5-16(6-9-21)11-20-25(22,23)18-4-3-7-19-12-18/h3-4,7,10,12,16,20H,5-6,8-9,11,13H2,1-2H3. The van der Waals surface area contributed by atoms with E-state index < -0.39 is 10.0 Å². The minimum absolute atomic E-state index is 0.221. The number of pyridine rings is 1. The van der Waals surface area contributed by atoms with Gasteiger partial charge < -0.3 is 4.42 Å². The van der Waals surface area contributed by atoms with Crippen LogP contribution in [0.5, 0.6) is 0 Å². The Balaban J connectivity index is 1.47. The molecule has 0 aliphatic carbocycles. The van der Waals surface area contributed by atoms with Gasteiger partial charge >= 0.3 is 0 Å². The highest BCUT2D eigenvalue weighted by Gasteiger charge is 2.22. The molecule has 0 bridgehead atoms. The number of likely N-dealkylation sites (tertiary alicyclic amines) is 1. The van der Waals surface area contributed by atoms with E-state index in [9.17, 15) is 8.42 Å². The molecule has 0 radical (unpaired) electrons. The Morgan fingerprint density at radius 1 is 1.32 bits per heavy atom. The van der Waals surface area contributed by atoms with Crippen molar-refractivity contribution in [3.8, 4) is 0 Å². The van der Waals surface area contributed by atoms with Crippen LogP contribution in [0.25, 0.3) is 0 Å². The molecule has 1 saturated heterocycles. The number of hydrogen-bond donors (Lipinski definition) is 1. The molecule has 6 nitrogen and oxygen atoms in total. The van der Waals surface area contributed by atoms with Gasteiger partial charge in [-0.05, 0) is 63.9 Å². The minimum atomic E-state index is -3.46. The van der Waals surface area contributed by atoms with Crippen molar-refractivity contribution in [1.82, 2.24) is 14.6 Å². The largest absolute Gasteiger partial charge is 0.466 e. The van der Waals surface area contributed by atoms with E-state index in [1.54, 1.807) is 18.3 Å². The molecule has 1 aliphatic heterocycles. The topological polar surface area (TPSA) is 75.4 Å². The molecule has 25 heavy (non-hydrogen) atoms. The summed E-state index contributed by atoms with van der Waals surface area (Å²) in [6, 6.07) is 5.29. The lowest BCUT2D eigenvalue weighted by molar-refractivity contribution is 0.178. The molecule has 0 spiro atoms. The molecule has 2 aromatic heterocycles. The molecule has 3 rings (SSSR count). The zero-order chi connectivity index (χ0) is 17.9. The summed E-state index contributed by atoms with van der Waals surface area (Å²) in [5.41, 5.74) is 1.24. The number of hydrogen-bond acceptors (Lipinski definition) is 5. The Hall–Kier alpha value is -1.70. The molecule has 3 heterocycles. The Labute approximate surface area is 149 Å². The van der Waals surface area contributed by atoms with Crippen LogP contribution in [0.1, 0.15) is 29.9 Å². The van der Waals surface area contributed by atoms with E-state index in [1.807, 2.05) is 13.8 Å². The van der Waals surface area contributed by atoms with E-state index in [-0.39, 0.29) is 4.90 Å². The van der Waals surface area contributed by atoms with Crippen LogP contribution in [0.15, 0.2) is 39.9 Å². The van der Waals surface area contributed by atoms with Gasteiger partial charge in [-0.3, -0.25) is 9.88 Å². The Kier molecular flexibility index (Phi) is 5.56. The number of nitrogens with one attached hydrogen (secondary N) is 1. The normalized spacial score (nSPS) is 17.0. The van der Waals surface area contributed by atoms with E-state index in [1.165, 1.54) is 11.8 Å². The fourth-order valence-corrected chi connectivity index (χ4v) is 4.33. The summed E-state index contributed by atoms with van der Waals surface area (Å²) < 4.78 is 32.8. The molecule has 1 N–H and O–H groups in total. The second-order valence-electron chi connectivity index (χ2n) is 6.70. The summed E-state index contributed by atoms with van der Waals surface area (Å²) in [7, 11) is -3.46. The molecular weight excluding hydrogens is 338 g/mol. The lowest BCUT2D eigenvalue weighted by atomic mass is 9.97. The molecule has 7 heteroatoms. The first-order chi connectivity index (χ1) is 11.9. The third kappa shape index (κ3) is 4.68. The van der Waals surface area contributed by atoms with Crippen molar-refractivity contribution in [2.75, 3.05) is 19.6 Å². The maximum atomic E-state index is 12.2. The lowest BCUT2D eigenvalue weighted by Crippen LogP contribution is -2.38. The van der Waals surface area contributed by atoms with Crippen molar-refractivity contribution in [2.24, 2.45) is 5.92 Å². The molecule has 0 atom stereocenters. The van der Waals surface area contributed by atoms with Gasteiger partial charge in [0, 0.05) is 31.0 Å². The van der Waals surface area contributed by atoms with E-state index in [2.05, 4.69) is 20.7 Å². The SMILES string of the molecule is Cc1cc(CN2CCC(CNS(=O)(=O)c3cccnc3)CC2)c(C)o1. The van der Waals surface area contributed by atoms with Crippen LogP contribution >= 0.6 is 0 Å². The van der Waals surface area contributed by atoms with Crippen molar-refractivity contribution in [2.45, 2.75) is 38.1 Å². The lowest BCUT2D eigenvalue weighted by Gasteiger charge is -2.31. The molecule has 1 aliphatic rings. The first kappa shape index (κ1) is 18.1. The highest BCUT2D eigenvalue weighted by atomic mass is 32.2. The zero-order valence-corrected chi connectivity index (χ0v) is 15.6. The molecule has 2 aromatic rings. The van der Waals surface area contributed by atoms with Crippen molar-refractivity contribution in [3.63, 3.8) is 0 Å². The molecule has 0 saturated carbocycles. The average Bonchev–Trinajstić information content (AvgIpc) is 2.92. The van der Waals surface area contributed by atoms with Gasteiger partial charge in [-0.15, -0.1) is 0 Å². The molecule has 136 valence electrons. The van der Waals surface area contributed by atoms with Gasteiger partial charge in [-0.2, -0.15) is 0 Å². The van der Waals surface area contributed by atoms with Gasteiger partial charge in [0.25, 0.3) is 0 Å². The fourth-order valence-electron chi connectivity index (χ4n) is 3.25. The van der Waals surface area contributed by atoms with Crippen LogP contribution in [-0.4, -0.2) is 37.9 Å². The smallest absolute Gasteiger partial charge is 0.242 e. The number of aryl methyl sites for hydroxylation is 2. The number of sulfonamides is 1. The van der Waals surface area contributed by atoms with Gasteiger partial charge in [-0.25, -0.2) is 13.1 Å². The number of nitrogens with zero attached hydrogens (tertiary/aromatic N) is 2. The second kappa shape index (κ2) is 7.68. The van der Waals surface area contributed by atoms with Crippen LogP contribution in [0.3, 0.4) is 0 Å². The molecule has 0 unspecified atom stereocenters. The van der Waals surface area contributed by atoms with Crippen LogP contribution in [0, 0.1) is 19.8 Å². The summed E-state index contributed by atoms with van der Waals surface area (Å²) in [5.74, 6) is 2.31. The monoisotopic (exact) mass is 363 g/mol. The summed E-state index contributed by atoms with van der Waals surface area (Å²) in [5, 5.41) is 0. The highest BCUT2D eigenvalue weighted by Crippen LogP contribution is 2.21. The van der Waals surface area contributed by atoms with Crippen LogP contribution in [0.2, 0.25) is 0 Å². The van der Waals surface area contributed by atoms with Crippen molar-refractivity contribution >= 4 is 10.0 Å². The third-order valence-electron chi connectivity index (χ3n) is 4.75. The maximum Gasteiger partial charge on any atom is 0.242 e. The number of aromatic nitrogens is 1. The minimum Gasteiger partial charge on any atom is -0.466 e. The number of piperidine rings is 1. The maximum absolute atomic E-state index is 12.2. The Bertz CT molecular complexity index is 794. The van der Waals surface area contributed by atoms with Crippen molar-refractivity contribution < 1.29 is 12.8 Å². The summed E-state index contributed by atoms with van der Waals surface area (Å²) in [4.78, 5) is 6.50. The average molecular weight is 363 g/mol.